The van der Waals surface area contributed by atoms with E-state index in [0.717, 1.165) is 54.4 Å². The predicted molar refractivity (Wildman–Crippen MR) is 156 cm³/mol. The monoisotopic (exact) mass is 537 g/mol. The summed E-state index contributed by atoms with van der Waals surface area (Å²) in [6, 6.07) is 8.33. The van der Waals surface area contributed by atoms with Gasteiger partial charge in [-0.2, -0.15) is 0 Å². The third-order valence-electron chi connectivity index (χ3n) is 7.92. The Morgan fingerprint density at radius 3 is 2.73 bits per heavy atom. The third-order valence-corrected chi connectivity index (χ3v) is 10.0. The Hall–Kier alpha value is -2.12. The van der Waals surface area contributed by atoms with E-state index in [1.54, 1.807) is 11.3 Å². The van der Waals surface area contributed by atoms with E-state index in [2.05, 4.69) is 26.8 Å². The Balaban J connectivity index is 1.40. The first-order chi connectivity index (χ1) is 18.0. The highest BCUT2D eigenvalue weighted by molar-refractivity contribution is 7.99. The van der Waals surface area contributed by atoms with Crippen LogP contribution >= 0.6 is 23.1 Å². The van der Waals surface area contributed by atoms with E-state index in [0.29, 0.717) is 17.6 Å². The average molecular weight is 538 g/mol. The molecular formula is C30H39N3O2S2. The van der Waals surface area contributed by atoms with E-state index >= 15 is 0 Å². The molecule has 3 aromatic rings. The quantitative estimate of drug-likeness (QED) is 0.159. The lowest BCUT2D eigenvalue weighted by Crippen LogP contribution is -2.37. The zero-order chi connectivity index (χ0) is 25.9. The summed E-state index contributed by atoms with van der Waals surface area (Å²) in [5.74, 6) is 1.03. The van der Waals surface area contributed by atoms with E-state index in [1.807, 2.05) is 27.7 Å². The minimum Gasteiger partial charge on any atom is -0.308 e. The summed E-state index contributed by atoms with van der Waals surface area (Å²) in [7, 11) is 0. The molecule has 3 heterocycles. The summed E-state index contributed by atoms with van der Waals surface area (Å²) >= 11 is 3.13. The molecule has 2 aliphatic rings. The number of rotatable bonds is 10. The van der Waals surface area contributed by atoms with Crippen molar-refractivity contribution in [3.8, 4) is 0 Å². The number of carbonyl (C=O) groups is 1. The second-order valence-corrected chi connectivity index (χ2v) is 12.9. The highest BCUT2D eigenvalue weighted by atomic mass is 32.2. The van der Waals surface area contributed by atoms with Crippen molar-refractivity contribution in [2.75, 3.05) is 10.7 Å². The van der Waals surface area contributed by atoms with Gasteiger partial charge in [-0.15, -0.1) is 11.3 Å². The van der Waals surface area contributed by atoms with E-state index in [1.165, 1.54) is 53.4 Å². The standard InChI is InChI=1S/C30H39N3O2S2/c1-4-5-6-7-8-11-16-32-29(35)27-23-15-14-20(2)17-25(23)37-28(27)31-30(32)36-19-26(34)33-21(3)18-22-12-9-10-13-24(22)33/h9-10,12-13,20-21H,4-8,11,14-19H2,1-3H3/t20-,21-/m1/s1. The van der Waals surface area contributed by atoms with Gasteiger partial charge in [0, 0.05) is 23.2 Å². The van der Waals surface area contributed by atoms with E-state index in [4.69, 9.17) is 4.98 Å². The molecule has 0 N–H and O–H groups in total. The lowest BCUT2D eigenvalue weighted by atomic mass is 9.89. The molecule has 0 saturated heterocycles. The van der Waals surface area contributed by atoms with Gasteiger partial charge in [0.25, 0.3) is 5.56 Å². The minimum atomic E-state index is 0.0854. The van der Waals surface area contributed by atoms with Crippen LogP contribution in [0.25, 0.3) is 10.2 Å². The van der Waals surface area contributed by atoms with Crippen LogP contribution in [-0.4, -0.2) is 27.3 Å². The van der Waals surface area contributed by atoms with Gasteiger partial charge in [-0.3, -0.25) is 14.2 Å². The van der Waals surface area contributed by atoms with Crippen molar-refractivity contribution in [3.63, 3.8) is 0 Å². The van der Waals surface area contributed by atoms with Crippen molar-refractivity contribution in [2.24, 2.45) is 5.92 Å². The number of hydrogen-bond donors (Lipinski definition) is 0. The number of anilines is 1. The van der Waals surface area contributed by atoms with Gasteiger partial charge >= 0.3 is 0 Å². The van der Waals surface area contributed by atoms with Crippen molar-refractivity contribution >= 4 is 44.9 Å². The SMILES string of the molecule is CCCCCCCCn1c(SCC(=O)N2c3ccccc3C[C@H]2C)nc2sc3c(c2c1=O)CC[C@@H](C)C3. The number of thiophene rings is 1. The largest absolute Gasteiger partial charge is 0.308 e. The third kappa shape index (κ3) is 5.53. The first kappa shape index (κ1) is 26.5. The van der Waals surface area contributed by atoms with Crippen LogP contribution in [0.2, 0.25) is 0 Å². The maximum Gasteiger partial charge on any atom is 0.263 e. The predicted octanol–water partition coefficient (Wildman–Crippen LogP) is 7.01. The van der Waals surface area contributed by atoms with E-state index in [-0.39, 0.29) is 23.3 Å². The maximum atomic E-state index is 13.9. The van der Waals surface area contributed by atoms with Crippen molar-refractivity contribution in [1.29, 1.82) is 0 Å². The number of carbonyl (C=O) groups excluding carboxylic acids is 1. The summed E-state index contributed by atoms with van der Waals surface area (Å²) < 4.78 is 1.88. The zero-order valence-electron chi connectivity index (χ0n) is 22.4. The Labute approximate surface area is 228 Å². The summed E-state index contributed by atoms with van der Waals surface area (Å²) in [5, 5.41) is 1.54. The van der Waals surface area contributed by atoms with Crippen LogP contribution in [0.15, 0.2) is 34.2 Å². The number of para-hydroxylation sites is 1. The Morgan fingerprint density at radius 1 is 1.11 bits per heavy atom. The molecule has 198 valence electrons. The van der Waals surface area contributed by atoms with Gasteiger partial charge < -0.3 is 4.90 Å². The van der Waals surface area contributed by atoms with E-state index < -0.39 is 0 Å². The summed E-state index contributed by atoms with van der Waals surface area (Å²) in [6.45, 7) is 7.31. The van der Waals surface area contributed by atoms with Crippen LogP contribution in [0.3, 0.4) is 0 Å². The molecule has 0 fully saturated rings. The fourth-order valence-electron chi connectivity index (χ4n) is 5.90. The molecule has 0 unspecified atom stereocenters. The molecule has 0 saturated carbocycles. The second-order valence-electron chi connectivity index (χ2n) is 10.9. The molecule has 1 aliphatic carbocycles. The molecule has 0 bridgehead atoms. The van der Waals surface area contributed by atoms with Gasteiger partial charge in [-0.25, -0.2) is 4.98 Å². The topological polar surface area (TPSA) is 55.2 Å². The Bertz CT molecular complexity index is 1330. The van der Waals surface area contributed by atoms with Crippen molar-refractivity contribution < 1.29 is 4.79 Å². The molecule has 1 aromatic carbocycles. The maximum absolute atomic E-state index is 13.9. The zero-order valence-corrected chi connectivity index (χ0v) is 24.1. The van der Waals surface area contributed by atoms with Gasteiger partial charge in [0.1, 0.15) is 4.83 Å². The normalized spacial score (nSPS) is 18.8. The molecule has 5 nitrogen and oxygen atoms in total. The molecule has 1 amide bonds. The number of unbranched alkanes of at least 4 members (excludes halogenated alkanes) is 5. The van der Waals surface area contributed by atoms with Crippen molar-refractivity contribution in [2.45, 2.75) is 103 Å². The van der Waals surface area contributed by atoms with Crippen LogP contribution in [0, 0.1) is 5.92 Å². The molecule has 37 heavy (non-hydrogen) atoms. The molecule has 2 atom stereocenters. The first-order valence-corrected chi connectivity index (χ1v) is 15.9. The average Bonchev–Trinajstić information content (AvgIpc) is 3.41. The molecule has 7 heteroatoms. The number of nitrogens with zero attached hydrogens (tertiary/aromatic N) is 3. The highest BCUT2D eigenvalue weighted by Gasteiger charge is 2.31. The van der Waals surface area contributed by atoms with Gasteiger partial charge in [0.15, 0.2) is 5.16 Å². The van der Waals surface area contributed by atoms with Crippen LogP contribution < -0.4 is 10.5 Å². The number of hydrogen-bond acceptors (Lipinski definition) is 5. The summed E-state index contributed by atoms with van der Waals surface area (Å²) in [4.78, 5) is 36.4. The van der Waals surface area contributed by atoms with Crippen LogP contribution in [0.1, 0.15) is 81.7 Å². The Morgan fingerprint density at radius 2 is 1.89 bits per heavy atom. The smallest absolute Gasteiger partial charge is 0.263 e. The number of thioether (sulfide) groups is 1. The number of benzene rings is 1. The van der Waals surface area contributed by atoms with Gasteiger partial charge in [-0.1, -0.05) is 75.9 Å². The molecule has 2 aromatic heterocycles. The molecule has 5 rings (SSSR count). The van der Waals surface area contributed by atoms with Gasteiger partial charge in [-0.05, 0) is 62.1 Å². The summed E-state index contributed by atoms with van der Waals surface area (Å²) in [6.07, 6.45) is 11.1. The molecule has 1 aliphatic heterocycles. The van der Waals surface area contributed by atoms with Gasteiger partial charge in [0.2, 0.25) is 5.91 Å². The fourth-order valence-corrected chi connectivity index (χ4v) is 8.21. The van der Waals surface area contributed by atoms with Crippen LogP contribution in [0.4, 0.5) is 5.69 Å². The second kappa shape index (κ2) is 11.7. The van der Waals surface area contributed by atoms with Crippen molar-refractivity contribution in [1.82, 2.24) is 9.55 Å². The highest BCUT2D eigenvalue weighted by Crippen LogP contribution is 2.37. The molecule has 0 spiro atoms. The molecule has 0 radical (unpaired) electrons. The fraction of sp³-hybridized carbons (Fsp3) is 0.567. The summed E-state index contributed by atoms with van der Waals surface area (Å²) in [5.41, 5.74) is 3.59. The van der Waals surface area contributed by atoms with Crippen LogP contribution in [-0.2, 0) is 30.6 Å². The number of amides is 1. The number of fused-ring (bicyclic) bond motifs is 4. The van der Waals surface area contributed by atoms with Crippen LogP contribution in [0.5, 0.6) is 0 Å². The minimum absolute atomic E-state index is 0.0854. The Kier molecular flexibility index (Phi) is 8.40. The number of aromatic nitrogens is 2. The number of aryl methyl sites for hydroxylation is 1. The lowest BCUT2D eigenvalue weighted by molar-refractivity contribution is -0.116. The first-order valence-electron chi connectivity index (χ1n) is 14.1. The van der Waals surface area contributed by atoms with Crippen molar-refractivity contribution in [3.05, 3.63) is 50.6 Å². The van der Waals surface area contributed by atoms with E-state index in [9.17, 15) is 9.59 Å². The van der Waals surface area contributed by atoms with Gasteiger partial charge in [0.05, 0.1) is 11.1 Å². The lowest BCUT2D eigenvalue weighted by Gasteiger charge is -2.22. The molecular weight excluding hydrogens is 498 g/mol.